The molecule has 0 amide bonds. The van der Waals surface area contributed by atoms with E-state index in [0.29, 0.717) is 16.8 Å². The third-order valence-electron chi connectivity index (χ3n) is 2.87. The Morgan fingerprint density at radius 3 is 2.70 bits per heavy atom. The number of para-hydroxylation sites is 2. The van der Waals surface area contributed by atoms with Crippen molar-refractivity contribution < 1.29 is 4.74 Å². The van der Waals surface area contributed by atoms with Crippen LogP contribution in [-0.2, 0) is 0 Å². The van der Waals surface area contributed by atoms with Crippen molar-refractivity contribution in [3.05, 3.63) is 58.9 Å². The molecule has 1 heterocycles. The first-order chi connectivity index (χ1) is 9.81. The van der Waals surface area contributed by atoms with Crippen LogP contribution in [0.25, 0.3) is 15.8 Å². The van der Waals surface area contributed by atoms with Crippen molar-refractivity contribution in [2.45, 2.75) is 0 Å². The zero-order chi connectivity index (χ0) is 13.9. The van der Waals surface area contributed by atoms with Gasteiger partial charge in [-0.3, -0.25) is 4.79 Å². The van der Waals surface area contributed by atoms with E-state index < -0.39 is 0 Å². The van der Waals surface area contributed by atoms with Gasteiger partial charge in [-0.05, 0) is 24.3 Å². The molecule has 0 fully saturated rings. The Balaban J connectivity index is 2.19. The Hall–Kier alpha value is -2.58. The zero-order valence-electron chi connectivity index (χ0n) is 10.4. The smallest absolute Gasteiger partial charge is 0.273 e. The Kier molecular flexibility index (Phi) is 3.23. The minimum atomic E-state index is -0.0707. The van der Waals surface area contributed by atoms with Crippen molar-refractivity contribution in [3.63, 3.8) is 0 Å². The van der Waals surface area contributed by atoms with Gasteiger partial charge in [-0.1, -0.05) is 35.8 Å². The Bertz CT molecular complexity index is 858. The second-order valence-electron chi connectivity index (χ2n) is 4.10. The van der Waals surface area contributed by atoms with Crippen molar-refractivity contribution in [1.29, 1.82) is 5.26 Å². The molecule has 5 heteroatoms. The third-order valence-corrected chi connectivity index (χ3v) is 3.97. The number of hydrogen-bond acceptors (Lipinski definition) is 4. The average Bonchev–Trinajstić information content (AvgIpc) is 2.83. The fourth-order valence-corrected chi connectivity index (χ4v) is 3.01. The van der Waals surface area contributed by atoms with Crippen molar-refractivity contribution in [3.8, 4) is 17.5 Å². The van der Waals surface area contributed by atoms with Gasteiger partial charge in [-0.15, -0.1) is 0 Å². The van der Waals surface area contributed by atoms with Crippen LogP contribution in [0.5, 0.6) is 5.75 Å². The molecule has 20 heavy (non-hydrogen) atoms. The third kappa shape index (κ3) is 2.06. The molecule has 3 rings (SSSR count). The van der Waals surface area contributed by atoms with E-state index in [1.54, 1.807) is 10.0 Å². The molecular weight excluding hydrogens is 272 g/mol. The van der Waals surface area contributed by atoms with E-state index in [9.17, 15) is 4.79 Å². The summed E-state index contributed by atoms with van der Waals surface area (Å²) >= 11 is 1.37. The lowest BCUT2D eigenvalue weighted by molar-refractivity contribution is 0.367. The zero-order valence-corrected chi connectivity index (χ0v) is 11.3. The summed E-state index contributed by atoms with van der Waals surface area (Å²) in [4.78, 5) is 12.4. The summed E-state index contributed by atoms with van der Waals surface area (Å²) in [6.45, 7) is -0.0450. The predicted molar refractivity (Wildman–Crippen MR) is 78.5 cm³/mol. The van der Waals surface area contributed by atoms with Gasteiger partial charge in [0.25, 0.3) is 5.56 Å². The molecule has 98 valence electrons. The van der Waals surface area contributed by atoms with E-state index >= 15 is 0 Å². The molecule has 0 radical (unpaired) electrons. The van der Waals surface area contributed by atoms with Gasteiger partial charge in [0.15, 0.2) is 6.61 Å². The number of benzene rings is 2. The fraction of sp³-hybridized carbons (Fsp3) is 0.0667. The Morgan fingerprint density at radius 1 is 1.15 bits per heavy atom. The number of nitriles is 1. The highest BCUT2D eigenvalue weighted by molar-refractivity contribution is 7.14. The van der Waals surface area contributed by atoms with Crippen LogP contribution in [0.15, 0.2) is 53.3 Å². The topological polar surface area (TPSA) is 55.0 Å². The minimum Gasteiger partial charge on any atom is -0.477 e. The van der Waals surface area contributed by atoms with Crippen molar-refractivity contribution >= 4 is 21.6 Å². The first kappa shape index (κ1) is 12.5. The standard InChI is InChI=1S/C15H10N2O2S/c16-9-10-19-13-7-3-2-6-12(13)17-15(18)11-5-1-4-8-14(11)20-17/h1-8H,10H2. The molecule has 0 bridgehead atoms. The number of ether oxygens (including phenoxy) is 1. The van der Waals surface area contributed by atoms with Gasteiger partial charge in [0.2, 0.25) is 0 Å². The monoisotopic (exact) mass is 282 g/mol. The molecule has 0 saturated heterocycles. The van der Waals surface area contributed by atoms with E-state index in [1.807, 2.05) is 48.5 Å². The molecular formula is C15H10N2O2S. The van der Waals surface area contributed by atoms with E-state index in [-0.39, 0.29) is 12.2 Å². The van der Waals surface area contributed by atoms with E-state index in [2.05, 4.69) is 0 Å². The predicted octanol–water partition coefficient (Wildman–Crippen LogP) is 2.95. The summed E-state index contributed by atoms with van der Waals surface area (Å²) in [5, 5.41) is 9.30. The molecule has 0 aliphatic rings. The first-order valence-corrected chi connectivity index (χ1v) is 6.79. The minimum absolute atomic E-state index is 0.0450. The number of aromatic nitrogens is 1. The van der Waals surface area contributed by atoms with Crippen molar-refractivity contribution in [2.75, 3.05) is 6.61 Å². The summed E-state index contributed by atoms with van der Waals surface area (Å²) in [6, 6.07) is 16.6. The highest BCUT2D eigenvalue weighted by Gasteiger charge is 2.12. The lowest BCUT2D eigenvalue weighted by Crippen LogP contribution is -2.12. The molecule has 2 aromatic carbocycles. The fourth-order valence-electron chi connectivity index (χ4n) is 1.99. The summed E-state index contributed by atoms with van der Waals surface area (Å²) in [5.74, 6) is 0.530. The molecule has 0 aliphatic carbocycles. The molecule has 0 saturated carbocycles. The molecule has 0 N–H and O–H groups in total. The van der Waals surface area contributed by atoms with E-state index in [1.165, 1.54) is 11.5 Å². The SMILES string of the molecule is N#CCOc1ccccc1-n1sc2ccccc2c1=O. The van der Waals surface area contributed by atoms with Gasteiger partial charge in [0.1, 0.15) is 17.5 Å². The van der Waals surface area contributed by atoms with Gasteiger partial charge in [0, 0.05) is 0 Å². The largest absolute Gasteiger partial charge is 0.477 e. The van der Waals surface area contributed by atoms with Gasteiger partial charge in [0.05, 0.1) is 10.1 Å². The summed E-state index contributed by atoms with van der Waals surface area (Å²) in [7, 11) is 0. The number of hydrogen-bond donors (Lipinski definition) is 0. The van der Waals surface area contributed by atoms with Crippen LogP contribution >= 0.6 is 11.5 Å². The second kappa shape index (κ2) is 5.19. The molecule has 0 aliphatic heterocycles. The van der Waals surface area contributed by atoms with Crippen LogP contribution in [0, 0.1) is 11.3 Å². The molecule has 4 nitrogen and oxygen atoms in total. The normalized spacial score (nSPS) is 10.3. The Labute approximate surface area is 119 Å². The van der Waals surface area contributed by atoms with E-state index in [4.69, 9.17) is 10.00 Å². The van der Waals surface area contributed by atoms with Crippen LogP contribution in [0.2, 0.25) is 0 Å². The molecule has 1 aromatic heterocycles. The lowest BCUT2D eigenvalue weighted by atomic mass is 10.2. The van der Waals surface area contributed by atoms with Gasteiger partial charge < -0.3 is 4.74 Å². The highest BCUT2D eigenvalue weighted by atomic mass is 32.1. The summed E-state index contributed by atoms with van der Waals surface area (Å²) in [6.07, 6.45) is 0. The maximum atomic E-state index is 12.4. The average molecular weight is 282 g/mol. The summed E-state index contributed by atoms with van der Waals surface area (Å²) < 4.78 is 7.90. The van der Waals surface area contributed by atoms with Crippen LogP contribution in [0.4, 0.5) is 0 Å². The molecule has 0 atom stereocenters. The van der Waals surface area contributed by atoms with E-state index in [0.717, 1.165) is 4.70 Å². The van der Waals surface area contributed by atoms with Gasteiger partial charge >= 0.3 is 0 Å². The number of fused-ring (bicyclic) bond motifs is 1. The highest BCUT2D eigenvalue weighted by Crippen LogP contribution is 2.26. The van der Waals surface area contributed by atoms with Crippen molar-refractivity contribution in [2.24, 2.45) is 0 Å². The van der Waals surface area contributed by atoms with Gasteiger partial charge in [-0.2, -0.15) is 5.26 Å². The molecule has 0 unspecified atom stereocenters. The van der Waals surface area contributed by atoms with Gasteiger partial charge in [-0.25, -0.2) is 3.96 Å². The molecule has 0 spiro atoms. The summed E-state index contributed by atoms with van der Waals surface area (Å²) in [5.41, 5.74) is 0.590. The second-order valence-corrected chi connectivity index (χ2v) is 5.09. The van der Waals surface area contributed by atoms with Crippen LogP contribution in [-0.4, -0.2) is 10.6 Å². The first-order valence-electron chi connectivity index (χ1n) is 6.01. The maximum absolute atomic E-state index is 12.4. The van der Waals surface area contributed by atoms with Crippen LogP contribution < -0.4 is 10.3 Å². The Morgan fingerprint density at radius 2 is 1.90 bits per heavy atom. The lowest BCUT2D eigenvalue weighted by Gasteiger charge is -2.08. The molecule has 3 aromatic rings. The maximum Gasteiger partial charge on any atom is 0.273 e. The number of nitrogens with zero attached hydrogens (tertiary/aromatic N) is 2. The quantitative estimate of drug-likeness (QED) is 0.742. The number of rotatable bonds is 3. The van der Waals surface area contributed by atoms with Crippen LogP contribution in [0.1, 0.15) is 0 Å². The van der Waals surface area contributed by atoms with Crippen LogP contribution in [0.3, 0.4) is 0 Å². The van der Waals surface area contributed by atoms with Crippen molar-refractivity contribution in [1.82, 2.24) is 3.96 Å².